The van der Waals surface area contributed by atoms with E-state index in [2.05, 4.69) is 10.3 Å². The predicted molar refractivity (Wildman–Crippen MR) is 99.3 cm³/mol. The van der Waals surface area contributed by atoms with Crippen molar-refractivity contribution in [1.29, 1.82) is 0 Å². The molecule has 0 atom stereocenters. The SMILES string of the molecule is COCCC1(CN=C(N)NC2CCCCCC2)CCC1.I. The van der Waals surface area contributed by atoms with E-state index in [0.717, 1.165) is 19.6 Å². The van der Waals surface area contributed by atoms with Gasteiger partial charge in [0.2, 0.25) is 0 Å². The highest BCUT2D eigenvalue weighted by Crippen LogP contribution is 2.44. The van der Waals surface area contributed by atoms with Crippen LogP contribution in [-0.2, 0) is 4.74 Å². The van der Waals surface area contributed by atoms with Crippen LogP contribution in [0.3, 0.4) is 0 Å². The molecule has 3 N–H and O–H groups in total. The summed E-state index contributed by atoms with van der Waals surface area (Å²) in [5.41, 5.74) is 6.44. The van der Waals surface area contributed by atoms with E-state index in [1.807, 2.05) is 0 Å². The molecule has 2 fully saturated rings. The maximum Gasteiger partial charge on any atom is 0.188 e. The molecule has 124 valence electrons. The van der Waals surface area contributed by atoms with Crippen molar-refractivity contribution in [2.75, 3.05) is 20.3 Å². The molecule has 2 rings (SSSR count). The van der Waals surface area contributed by atoms with Gasteiger partial charge in [-0.3, -0.25) is 4.99 Å². The lowest BCUT2D eigenvalue weighted by Gasteiger charge is -2.40. The molecule has 0 aromatic rings. The van der Waals surface area contributed by atoms with Crippen molar-refractivity contribution in [3.05, 3.63) is 0 Å². The Bertz CT molecular complexity index is 311. The highest BCUT2D eigenvalue weighted by atomic mass is 127. The van der Waals surface area contributed by atoms with E-state index in [-0.39, 0.29) is 24.0 Å². The van der Waals surface area contributed by atoms with E-state index in [1.165, 1.54) is 57.8 Å². The summed E-state index contributed by atoms with van der Waals surface area (Å²) in [6.07, 6.45) is 12.9. The second-order valence-corrected chi connectivity index (χ2v) is 6.63. The molecule has 0 radical (unpaired) electrons. The molecule has 0 bridgehead atoms. The smallest absolute Gasteiger partial charge is 0.188 e. The van der Waals surface area contributed by atoms with Crippen LogP contribution in [0.15, 0.2) is 4.99 Å². The van der Waals surface area contributed by atoms with Crippen LogP contribution >= 0.6 is 24.0 Å². The number of guanidine groups is 1. The van der Waals surface area contributed by atoms with Gasteiger partial charge >= 0.3 is 0 Å². The van der Waals surface area contributed by atoms with E-state index in [1.54, 1.807) is 7.11 Å². The summed E-state index contributed by atoms with van der Waals surface area (Å²) in [6.45, 7) is 1.70. The van der Waals surface area contributed by atoms with Crippen LogP contribution in [0.2, 0.25) is 0 Å². The van der Waals surface area contributed by atoms with Gasteiger partial charge in [-0.1, -0.05) is 32.1 Å². The minimum absolute atomic E-state index is 0. The zero-order chi connectivity index (χ0) is 14.3. The number of aliphatic imine (C=N–C) groups is 1. The highest BCUT2D eigenvalue weighted by Gasteiger charge is 2.36. The van der Waals surface area contributed by atoms with Crippen molar-refractivity contribution < 1.29 is 4.74 Å². The van der Waals surface area contributed by atoms with Gasteiger partial charge in [-0.15, -0.1) is 24.0 Å². The Balaban J connectivity index is 0.00000220. The normalized spacial score (nSPS) is 22.8. The second kappa shape index (κ2) is 9.87. The van der Waals surface area contributed by atoms with Crippen molar-refractivity contribution in [1.82, 2.24) is 5.32 Å². The standard InChI is InChI=1S/C16H31N3O.HI/c1-20-12-11-16(9-6-10-16)13-18-15(17)19-14-7-4-2-3-5-8-14;/h14H,2-13H2,1H3,(H3,17,18,19);1H. The second-order valence-electron chi connectivity index (χ2n) is 6.63. The molecule has 0 amide bonds. The Hall–Kier alpha value is -0.0400. The van der Waals surface area contributed by atoms with Gasteiger partial charge in [0.1, 0.15) is 0 Å². The molecule has 21 heavy (non-hydrogen) atoms. The number of methoxy groups -OCH3 is 1. The van der Waals surface area contributed by atoms with Crippen LogP contribution in [0, 0.1) is 5.41 Å². The Morgan fingerprint density at radius 1 is 1.19 bits per heavy atom. The third kappa shape index (κ3) is 6.30. The molecule has 4 nitrogen and oxygen atoms in total. The fourth-order valence-corrected chi connectivity index (χ4v) is 3.41. The van der Waals surface area contributed by atoms with Crippen LogP contribution < -0.4 is 11.1 Å². The largest absolute Gasteiger partial charge is 0.385 e. The predicted octanol–water partition coefficient (Wildman–Crippen LogP) is 3.44. The summed E-state index contributed by atoms with van der Waals surface area (Å²) in [7, 11) is 1.78. The molecule has 0 aromatic heterocycles. The summed E-state index contributed by atoms with van der Waals surface area (Å²) in [6, 6.07) is 0.539. The minimum atomic E-state index is 0. The van der Waals surface area contributed by atoms with E-state index in [4.69, 9.17) is 10.5 Å². The zero-order valence-corrected chi connectivity index (χ0v) is 15.7. The van der Waals surface area contributed by atoms with E-state index >= 15 is 0 Å². The van der Waals surface area contributed by atoms with Crippen LogP contribution in [-0.4, -0.2) is 32.3 Å². The first-order valence-corrected chi connectivity index (χ1v) is 8.29. The van der Waals surface area contributed by atoms with Crippen LogP contribution in [0.25, 0.3) is 0 Å². The Kier molecular flexibility index (Phi) is 8.94. The molecule has 5 heteroatoms. The van der Waals surface area contributed by atoms with Gasteiger partial charge in [-0.25, -0.2) is 0 Å². The molecule has 0 spiro atoms. The number of halogens is 1. The fourth-order valence-electron chi connectivity index (χ4n) is 3.41. The van der Waals surface area contributed by atoms with Crippen LogP contribution in [0.4, 0.5) is 0 Å². The molecule has 2 aliphatic rings. The monoisotopic (exact) mass is 409 g/mol. The summed E-state index contributed by atoms with van der Waals surface area (Å²) in [4.78, 5) is 4.62. The lowest BCUT2D eigenvalue weighted by Crippen LogP contribution is -2.41. The van der Waals surface area contributed by atoms with Crippen LogP contribution in [0.5, 0.6) is 0 Å². The number of nitrogens with two attached hydrogens (primary N) is 1. The molecule has 2 saturated carbocycles. The first-order valence-electron chi connectivity index (χ1n) is 8.29. The molecular weight excluding hydrogens is 377 g/mol. The number of hydrogen-bond acceptors (Lipinski definition) is 2. The summed E-state index contributed by atoms with van der Waals surface area (Å²) < 4.78 is 5.22. The lowest BCUT2D eigenvalue weighted by molar-refractivity contribution is 0.0779. The third-order valence-electron chi connectivity index (χ3n) is 5.04. The van der Waals surface area contributed by atoms with E-state index in [9.17, 15) is 0 Å². The van der Waals surface area contributed by atoms with Crippen molar-refractivity contribution in [3.8, 4) is 0 Å². The van der Waals surface area contributed by atoms with E-state index in [0.29, 0.717) is 17.4 Å². The summed E-state index contributed by atoms with van der Waals surface area (Å²) in [5.74, 6) is 0.653. The molecule has 0 aliphatic heterocycles. The maximum absolute atomic E-state index is 6.08. The van der Waals surface area contributed by atoms with Gasteiger partial charge in [0.05, 0.1) is 0 Å². The van der Waals surface area contributed by atoms with Crippen molar-refractivity contribution in [2.45, 2.75) is 70.3 Å². The maximum atomic E-state index is 6.08. The number of nitrogens with one attached hydrogen (secondary N) is 1. The fraction of sp³-hybridized carbons (Fsp3) is 0.938. The number of hydrogen-bond donors (Lipinski definition) is 2. The first-order chi connectivity index (χ1) is 9.74. The summed E-state index contributed by atoms with van der Waals surface area (Å²) >= 11 is 0. The quantitative estimate of drug-likeness (QED) is 0.306. The Morgan fingerprint density at radius 2 is 1.86 bits per heavy atom. The Morgan fingerprint density at radius 3 is 2.38 bits per heavy atom. The van der Waals surface area contributed by atoms with Gasteiger partial charge in [0.25, 0.3) is 0 Å². The minimum Gasteiger partial charge on any atom is -0.385 e. The van der Waals surface area contributed by atoms with Gasteiger partial charge in [-0.2, -0.15) is 0 Å². The Labute approximate surface area is 146 Å². The van der Waals surface area contributed by atoms with E-state index < -0.39 is 0 Å². The topological polar surface area (TPSA) is 59.6 Å². The molecule has 0 unspecified atom stereocenters. The zero-order valence-electron chi connectivity index (χ0n) is 13.4. The summed E-state index contributed by atoms with van der Waals surface area (Å²) in [5, 5.41) is 3.43. The highest BCUT2D eigenvalue weighted by molar-refractivity contribution is 14.0. The molecule has 0 aromatic carbocycles. The average Bonchev–Trinajstić information content (AvgIpc) is 2.66. The molecular formula is C16H32IN3O. The number of rotatable bonds is 6. The average molecular weight is 409 g/mol. The first kappa shape index (κ1) is 19.0. The number of ether oxygens (including phenoxy) is 1. The van der Waals surface area contributed by atoms with Gasteiger partial charge < -0.3 is 15.8 Å². The van der Waals surface area contributed by atoms with Crippen molar-refractivity contribution in [2.24, 2.45) is 16.1 Å². The molecule has 0 saturated heterocycles. The van der Waals surface area contributed by atoms with Crippen molar-refractivity contribution in [3.63, 3.8) is 0 Å². The van der Waals surface area contributed by atoms with Crippen LogP contribution in [0.1, 0.15) is 64.2 Å². The lowest BCUT2D eigenvalue weighted by atomic mass is 9.67. The van der Waals surface area contributed by atoms with Gasteiger partial charge in [0, 0.05) is 26.3 Å². The van der Waals surface area contributed by atoms with Gasteiger partial charge in [0.15, 0.2) is 5.96 Å². The number of nitrogens with zero attached hydrogens (tertiary/aromatic N) is 1. The molecule has 0 heterocycles. The molecule has 2 aliphatic carbocycles. The third-order valence-corrected chi connectivity index (χ3v) is 5.04. The van der Waals surface area contributed by atoms with Crippen molar-refractivity contribution >= 4 is 29.9 Å². The van der Waals surface area contributed by atoms with Gasteiger partial charge in [-0.05, 0) is 37.5 Å².